The Bertz CT molecular complexity index is 58.4. The summed E-state index contributed by atoms with van der Waals surface area (Å²) in [6.45, 7) is 4.64. The van der Waals surface area contributed by atoms with Crippen LogP contribution in [0, 0.1) is 5.92 Å². The molecule has 0 bridgehead atoms. The normalized spacial score (nSPS) is 14.6. The molecule has 8 heavy (non-hydrogen) atoms. The van der Waals surface area contributed by atoms with Gasteiger partial charge in [0.1, 0.15) is 0 Å². The topological polar surface area (TPSA) is 32.3 Å². The summed E-state index contributed by atoms with van der Waals surface area (Å²) in [7, 11) is 2.36. The van der Waals surface area contributed by atoms with E-state index in [2.05, 4.69) is 14.5 Å². The van der Waals surface area contributed by atoms with Crippen molar-refractivity contribution in [3.05, 3.63) is 0 Å². The summed E-state index contributed by atoms with van der Waals surface area (Å²) in [5.41, 5.74) is 0. The standard InChI is InChI=1S/C5H14NOP/c1-4(2)5(7)3-6-8/h4-7H,3,8H2,1-2H3. The third kappa shape index (κ3) is 3.36. The number of hydrogen-bond donors (Lipinski definition) is 2. The molecule has 0 aliphatic rings. The predicted octanol–water partition coefficient (Wildman–Crippen LogP) is 0.383. The molecule has 0 fully saturated rings. The third-order valence-corrected chi connectivity index (χ3v) is 1.33. The average Bonchev–Trinajstić information content (AvgIpc) is 1.67. The zero-order chi connectivity index (χ0) is 6.57. The first-order valence-electron chi connectivity index (χ1n) is 2.80. The molecule has 0 heterocycles. The summed E-state index contributed by atoms with van der Waals surface area (Å²) in [6.07, 6.45) is -0.215. The Balaban J connectivity index is 3.17. The van der Waals surface area contributed by atoms with Gasteiger partial charge >= 0.3 is 0 Å². The minimum Gasteiger partial charge on any atom is -0.392 e. The summed E-state index contributed by atoms with van der Waals surface area (Å²) in [5.74, 6) is 0.350. The van der Waals surface area contributed by atoms with Gasteiger partial charge in [-0.1, -0.05) is 23.2 Å². The molecule has 0 aromatic carbocycles. The Labute approximate surface area is 52.9 Å². The predicted molar refractivity (Wildman–Crippen MR) is 38.6 cm³/mol. The maximum Gasteiger partial charge on any atom is 0.0690 e. The largest absolute Gasteiger partial charge is 0.392 e. The Morgan fingerprint density at radius 3 is 2.25 bits per heavy atom. The van der Waals surface area contributed by atoms with Gasteiger partial charge in [0.05, 0.1) is 6.10 Å². The molecule has 0 aromatic heterocycles. The van der Waals surface area contributed by atoms with Crippen molar-refractivity contribution in [2.75, 3.05) is 6.54 Å². The van der Waals surface area contributed by atoms with E-state index in [0.29, 0.717) is 12.5 Å². The molecule has 0 amide bonds. The number of aliphatic hydroxyl groups excluding tert-OH is 1. The molecule has 0 rings (SSSR count). The lowest BCUT2D eigenvalue weighted by Gasteiger charge is -2.12. The van der Waals surface area contributed by atoms with Crippen LogP contribution in [0.15, 0.2) is 0 Å². The van der Waals surface area contributed by atoms with Crippen molar-refractivity contribution in [1.29, 1.82) is 0 Å². The zero-order valence-corrected chi connectivity index (χ0v) is 6.54. The molecule has 2 unspecified atom stereocenters. The fourth-order valence-electron chi connectivity index (χ4n) is 0.356. The van der Waals surface area contributed by atoms with Gasteiger partial charge in [-0.3, -0.25) is 5.09 Å². The molecule has 0 saturated heterocycles. The second kappa shape index (κ2) is 4.25. The van der Waals surface area contributed by atoms with Crippen LogP contribution in [0.25, 0.3) is 0 Å². The molecular weight excluding hydrogens is 121 g/mol. The first-order valence-corrected chi connectivity index (χ1v) is 3.37. The van der Waals surface area contributed by atoms with Crippen LogP contribution in [0.4, 0.5) is 0 Å². The molecule has 0 aliphatic carbocycles. The van der Waals surface area contributed by atoms with Gasteiger partial charge < -0.3 is 5.11 Å². The molecule has 0 saturated carbocycles. The second-order valence-electron chi connectivity index (χ2n) is 2.22. The van der Waals surface area contributed by atoms with Gasteiger partial charge in [-0.05, 0) is 5.92 Å². The monoisotopic (exact) mass is 135 g/mol. The van der Waals surface area contributed by atoms with E-state index < -0.39 is 0 Å². The van der Waals surface area contributed by atoms with E-state index >= 15 is 0 Å². The van der Waals surface area contributed by atoms with Crippen molar-refractivity contribution in [2.45, 2.75) is 20.0 Å². The Hall–Kier alpha value is 0.350. The Morgan fingerprint density at radius 1 is 1.62 bits per heavy atom. The van der Waals surface area contributed by atoms with E-state index in [0.717, 1.165) is 0 Å². The zero-order valence-electron chi connectivity index (χ0n) is 5.39. The van der Waals surface area contributed by atoms with Gasteiger partial charge in [-0.15, -0.1) is 0 Å². The van der Waals surface area contributed by atoms with Crippen LogP contribution in [-0.2, 0) is 0 Å². The molecule has 0 aliphatic heterocycles. The van der Waals surface area contributed by atoms with Crippen molar-refractivity contribution in [3.8, 4) is 0 Å². The van der Waals surface area contributed by atoms with Crippen LogP contribution < -0.4 is 5.09 Å². The molecule has 0 aromatic rings. The van der Waals surface area contributed by atoms with Crippen molar-refractivity contribution in [2.24, 2.45) is 5.92 Å². The summed E-state index contributed by atoms with van der Waals surface area (Å²) in [5, 5.41) is 11.9. The second-order valence-corrected chi connectivity index (χ2v) is 2.63. The average molecular weight is 135 g/mol. The minimum atomic E-state index is -0.215. The van der Waals surface area contributed by atoms with Gasteiger partial charge in [0.15, 0.2) is 0 Å². The third-order valence-electron chi connectivity index (χ3n) is 1.10. The van der Waals surface area contributed by atoms with E-state index in [4.69, 9.17) is 5.11 Å². The van der Waals surface area contributed by atoms with Crippen LogP contribution in [0.3, 0.4) is 0 Å². The quantitative estimate of drug-likeness (QED) is 0.548. The molecule has 50 valence electrons. The highest BCUT2D eigenvalue weighted by Crippen LogP contribution is 1.98. The molecule has 0 spiro atoms. The number of rotatable bonds is 3. The fourth-order valence-corrected chi connectivity index (χ4v) is 0.598. The molecule has 2 atom stereocenters. The maximum absolute atomic E-state index is 9.05. The van der Waals surface area contributed by atoms with Gasteiger partial charge in [-0.25, -0.2) is 0 Å². The first kappa shape index (κ1) is 8.35. The van der Waals surface area contributed by atoms with Gasteiger partial charge in [0.2, 0.25) is 0 Å². The minimum absolute atomic E-state index is 0.215. The molecule has 0 radical (unpaired) electrons. The number of hydrogen-bond acceptors (Lipinski definition) is 2. The van der Waals surface area contributed by atoms with Gasteiger partial charge in [0.25, 0.3) is 0 Å². The summed E-state index contributed by atoms with van der Waals surface area (Å²) in [6, 6.07) is 0. The van der Waals surface area contributed by atoms with Crippen LogP contribution >= 0.6 is 9.39 Å². The van der Waals surface area contributed by atoms with Crippen molar-refractivity contribution in [1.82, 2.24) is 5.09 Å². The summed E-state index contributed by atoms with van der Waals surface area (Å²) < 4.78 is 0. The number of nitrogens with one attached hydrogen (secondary N) is 1. The fraction of sp³-hybridized carbons (Fsp3) is 1.00. The highest BCUT2D eigenvalue weighted by atomic mass is 31.0. The van der Waals surface area contributed by atoms with Crippen LogP contribution in [0.5, 0.6) is 0 Å². The SMILES string of the molecule is CC(C)C(O)CNP. The van der Waals surface area contributed by atoms with Gasteiger partial charge in [-0.2, -0.15) is 0 Å². The van der Waals surface area contributed by atoms with Crippen molar-refractivity contribution >= 4 is 9.39 Å². The molecule has 3 heteroatoms. The lowest BCUT2D eigenvalue weighted by molar-refractivity contribution is 0.130. The summed E-state index contributed by atoms with van der Waals surface area (Å²) in [4.78, 5) is 0. The van der Waals surface area contributed by atoms with Gasteiger partial charge in [0, 0.05) is 6.54 Å². The smallest absolute Gasteiger partial charge is 0.0690 e. The highest BCUT2D eigenvalue weighted by Gasteiger charge is 2.05. The summed E-state index contributed by atoms with van der Waals surface area (Å²) >= 11 is 0. The van der Waals surface area contributed by atoms with E-state index in [1.165, 1.54) is 0 Å². The van der Waals surface area contributed by atoms with E-state index in [-0.39, 0.29) is 6.10 Å². The van der Waals surface area contributed by atoms with E-state index in [1.54, 1.807) is 0 Å². The van der Waals surface area contributed by atoms with E-state index in [9.17, 15) is 0 Å². The Morgan fingerprint density at radius 2 is 2.12 bits per heavy atom. The van der Waals surface area contributed by atoms with Crippen molar-refractivity contribution < 1.29 is 5.11 Å². The van der Waals surface area contributed by atoms with Crippen LogP contribution in [0.1, 0.15) is 13.8 Å². The number of aliphatic hydroxyl groups is 1. The van der Waals surface area contributed by atoms with Crippen LogP contribution in [-0.4, -0.2) is 17.8 Å². The maximum atomic E-state index is 9.05. The highest BCUT2D eigenvalue weighted by molar-refractivity contribution is 7.13. The Kier molecular flexibility index (Phi) is 4.44. The molecule has 2 nitrogen and oxygen atoms in total. The molecular formula is C5H14NOP. The molecule has 2 N–H and O–H groups in total. The van der Waals surface area contributed by atoms with Crippen molar-refractivity contribution in [3.63, 3.8) is 0 Å². The van der Waals surface area contributed by atoms with E-state index in [1.807, 2.05) is 13.8 Å². The first-order chi connectivity index (χ1) is 3.68. The lowest BCUT2D eigenvalue weighted by Crippen LogP contribution is -2.24. The van der Waals surface area contributed by atoms with Crippen LogP contribution in [0.2, 0.25) is 0 Å². The lowest BCUT2D eigenvalue weighted by atomic mass is 10.1.